The molecule has 5 nitrogen and oxygen atoms in total. The molecule has 1 heterocycles. The third-order valence-corrected chi connectivity index (χ3v) is 5.15. The minimum atomic E-state index is -0.294. The molecule has 2 aromatic carbocycles. The number of hydrazone groups is 1. The van der Waals surface area contributed by atoms with Gasteiger partial charge in [0.25, 0.3) is 5.91 Å². The molecule has 0 aliphatic carbocycles. The third-order valence-electron chi connectivity index (χ3n) is 3.68. The van der Waals surface area contributed by atoms with Crippen molar-refractivity contribution in [2.24, 2.45) is 5.10 Å². The molecule has 3 rings (SSSR count). The Morgan fingerprint density at radius 1 is 1.23 bits per heavy atom. The summed E-state index contributed by atoms with van der Waals surface area (Å²) in [7, 11) is 0. The molecular formula is C18H16Cl2N4OS. The van der Waals surface area contributed by atoms with Crippen LogP contribution < -0.4 is 10.7 Å². The quantitative estimate of drug-likeness (QED) is 0.400. The molecule has 3 aromatic rings. The number of hydrogen-bond acceptors (Lipinski definition) is 5. The summed E-state index contributed by atoms with van der Waals surface area (Å²) in [5.41, 5.74) is 5.83. The van der Waals surface area contributed by atoms with E-state index in [1.165, 1.54) is 11.3 Å². The van der Waals surface area contributed by atoms with Crippen molar-refractivity contribution in [2.75, 3.05) is 10.7 Å². The van der Waals surface area contributed by atoms with Gasteiger partial charge in [-0.05, 0) is 49.7 Å². The van der Waals surface area contributed by atoms with Gasteiger partial charge in [-0.1, -0.05) is 41.5 Å². The number of amides is 1. The SMILES string of the molecule is CC/C(C)=N/Nc1nc2ccc(NC(=O)c3ccc(Cl)cc3Cl)cc2s1. The van der Waals surface area contributed by atoms with Gasteiger partial charge in [0.1, 0.15) is 0 Å². The normalized spacial score (nSPS) is 11.6. The van der Waals surface area contributed by atoms with Crippen LogP contribution in [0.2, 0.25) is 10.0 Å². The van der Waals surface area contributed by atoms with E-state index in [1.807, 2.05) is 26.0 Å². The number of hydrogen-bond donors (Lipinski definition) is 2. The van der Waals surface area contributed by atoms with Crippen LogP contribution in [0.1, 0.15) is 30.6 Å². The van der Waals surface area contributed by atoms with Crippen molar-refractivity contribution >= 4 is 67.2 Å². The molecule has 26 heavy (non-hydrogen) atoms. The average Bonchev–Trinajstić information content (AvgIpc) is 3.01. The molecular weight excluding hydrogens is 391 g/mol. The van der Waals surface area contributed by atoms with Gasteiger partial charge < -0.3 is 5.32 Å². The first-order chi connectivity index (χ1) is 12.5. The van der Waals surface area contributed by atoms with Crippen LogP contribution >= 0.6 is 34.5 Å². The standard InChI is InChI=1S/C18H16Cl2N4OS/c1-3-10(2)23-24-18-22-15-7-5-12(9-16(15)26-18)21-17(25)13-6-4-11(19)8-14(13)20/h4-9H,3H2,1-2H3,(H,21,25)(H,22,24)/b23-10+. The summed E-state index contributed by atoms with van der Waals surface area (Å²) in [6.45, 7) is 4.00. The molecule has 0 spiro atoms. The average molecular weight is 407 g/mol. The lowest BCUT2D eigenvalue weighted by molar-refractivity contribution is 0.102. The lowest BCUT2D eigenvalue weighted by Crippen LogP contribution is -2.12. The monoisotopic (exact) mass is 406 g/mol. The first-order valence-electron chi connectivity index (χ1n) is 7.92. The van der Waals surface area contributed by atoms with Crippen molar-refractivity contribution in [2.45, 2.75) is 20.3 Å². The Morgan fingerprint density at radius 3 is 2.77 bits per heavy atom. The van der Waals surface area contributed by atoms with Crippen LogP contribution in [0.3, 0.4) is 0 Å². The highest BCUT2D eigenvalue weighted by atomic mass is 35.5. The first kappa shape index (κ1) is 18.6. The number of carbonyl (C=O) groups is 1. The van der Waals surface area contributed by atoms with Gasteiger partial charge in [0, 0.05) is 16.4 Å². The smallest absolute Gasteiger partial charge is 0.257 e. The van der Waals surface area contributed by atoms with E-state index in [-0.39, 0.29) is 5.91 Å². The molecule has 0 aliphatic rings. The number of anilines is 2. The molecule has 1 amide bonds. The van der Waals surface area contributed by atoms with Gasteiger partial charge in [-0.2, -0.15) is 5.10 Å². The number of thiazole rings is 1. The molecule has 8 heteroatoms. The Balaban J connectivity index is 1.79. The van der Waals surface area contributed by atoms with Gasteiger partial charge in [-0.15, -0.1) is 0 Å². The number of rotatable bonds is 5. The first-order valence-corrected chi connectivity index (χ1v) is 9.49. The van der Waals surface area contributed by atoms with Gasteiger partial charge in [0.2, 0.25) is 5.13 Å². The Kier molecular flexibility index (Phi) is 5.76. The maximum Gasteiger partial charge on any atom is 0.257 e. The number of nitrogens with one attached hydrogen (secondary N) is 2. The van der Waals surface area contributed by atoms with Crippen molar-refractivity contribution in [1.82, 2.24) is 4.98 Å². The van der Waals surface area contributed by atoms with Crippen LogP contribution in [0.4, 0.5) is 10.8 Å². The zero-order chi connectivity index (χ0) is 18.7. The van der Waals surface area contributed by atoms with Gasteiger partial charge in [0.05, 0.1) is 20.8 Å². The number of aromatic nitrogens is 1. The topological polar surface area (TPSA) is 66.4 Å². The fourth-order valence-electron chi connectivity index (χ4n) is 2.14. The summed E-state index contributed by atoms with van der Waals surface area (Å²) in [6, 6.07) is 10.3. The maximum absolute atomic E-state index is 12.4. The van der Waals surface area contributed by atoms with E-state index in [0.29, 0.717) is 26.4 Å². The number of nitrogens with zero attached hydrogens (tertiary/aromatic N) is 2. The van der Waals surface area contributed by atoms with Gasteiger partial charge in [-0.25, -0.2) is 4.98 Å². The molecule has 134 valence electrons. The minimum absolute atomic E-state index is 0.294. The Hall–Kier alpha value is -2.15. The van der Waals surface area contributed by atoms with Crippen LogP contribution in [-0.2, 0) is 0 Å². The van der Waals surface area contributed by atoms with Crippen molar-refractivity contribution in [3.8, 4) is 0 Å². The Morgan fingerprint density at radius 2 is 2.04 bits per heavy atom. The van der Waals surface area contributed by atoms with Crippen molar-refractivity contribution in [1.29, 1.82) is 0 Å². The zero-order valence-corrected chi connectivity index (χ0v) is 16.5. The number of fused-ring (bicyclic) bond motifs is 1. The zero-order valence-electron chi connectivity index (χ0n) is 14.1. The van der Waals surface area contributed by atoms with Crippen LogP contribution in [0.15, 0.2) is 41.5 Å². The van der Waals surface area contributed by atoms with E-state index in [0.717, 1.165) is 22.3 Å². The minimum Gasteiger partial charge on any atom is -0.322 e. The van der Waals surface area contributed by atoms with E-state index >= 15 is 0 Å². The number of benzene rings is 2. The lowest BCUT2D eigenvalue weighted by Gasteiger charge is -2.07. The van der Waals surface area contributed by atoms with E-state index in [9.17, 15) is 4.79 Å². The van der Waals surface area contributed by atoms with Crippen LogP contribution in [0, 0.1) is 0 Å². The number of carbonyl (C=O) groups excluding carboxylic acids is 1. The summed E-state index contributed by atoms with van der Waals surface area (Å²) in [6.07, 6.45) is 0.876. The molecule has 2 N–H and O–H groups in total. The third kappa shape index (κ3) is 4.33. The molecule has 0 saturated carbocycles. The second kappa shape index (κ2) is 8.03. The molecule has 0 fully saturated rings. The summed E-state index contributed by atoms with van der Waals surface area (Å²) in [5.74, 6) is -0.294. The van der Waals surface area contributed by atoms with Crippen LogP contribution in [0.5, 0.6) is 0 Å². The fraction of sp³-hybridized carbons (Fsp3) is 0.167. The molecule has 0 radical (unpaired) electrons. The predicted molar refractivity (Wildman–Crippen MR) is 111 cm³/mol. The highest BCUT2D eigenvalue weighted by molar-refractivity contribution is 7.22. The summed E-state index contributed by atoms with van der Waals surface area (Å²) in [4.78, 5) is 16.9. The summed E-state index contributed by atoms with van der Waals surface area (Å²) in [5, 5.41) is 8.60. The Labute approximate surface area is 165 Å². The maximum atomic E-state index is 12.4. The van der Waals surface area contributed by atoms with Crippen LogP contribution in [0.25, 0.3) is 10.2 Å². The van der Waals surface area contributed by atoms with Gasteiger partial charge in [-0.3, -0.25) is 10.2 Å². The largest absolute Gasteiger partial charge is 0.322 e. The van der Waals surface area contributed by atoms with Crippen LogP contribution in [-0.4, -0.2) is 16.6 Å². The van der Waals surface area contributed by atoms with Crippen molar-refractivity contribution in [3.05, 3.63) is 52.0 Å². The van der Waals surface area contributed by atoms with E-state index in [4.69, 9.17) is 23.2 Å². The molecule has 0 unspecified atom stereocenters. The van der Waals surface area contributed by atoms with Gasteiger partial charge >= 0.3 is 0 Å². The molecule has 0 aliphatic heterocycles. The molecule has 1 aromatic heterocycles. The van der Waals surface area contributed by atoms with E-state index in [1.54, 1.807) is 24.3 Å². The van der Waals surface area contributed by atoms with E-state index in [2.05, 4.69) is 20.8 Å². The molecule has 0 atom stereocenters. The van der Waals surface area contributed by atoms with Crippen molar-refractivity contribution in [3.63, 3.8) is 0 Å². The lowest BCUT2D eigenvalue weighted by atomic mass is 10.2. The summed E-state index contributed by atoms with van der Waals surface area (Å²) < 4.78 is 0.942. The van der Waals surface area contributed by atoms with Gasteiger partial charge in [0.15, 0.2) is 0 Å². The predicted octanol–water partition coefficient (Wildman–Crippen LogP) is 6.05. The second-order valence-corrected chi connectivity index (χ2v) is 7.47. The second-order valence-electron chi connectivity index (χ2n) is 5.59. The highest BCUT2D eigenvalue weighted by Gasteiger charge is 2.12. The van der Waals surface area contributed by atoms with Crippen molar-refractivity contribution < 1.29 is 4.79 Å². The molecule has 0 saturated heterocycles. The van der Waals surface area contributed by atoms with E-state index < -0.39 is 0 Å². The molecule has 0 bridgehead atoms. The Bertz CT molecular complexity index is 1000. The number of halogens is 2. The fourth-order valence-corrected chi connectivity index (χ4v) is 3.49. The summed E-state index contributed by atoms with van der Waals surface area (Å²) >= 11 is 13.4. The highest BCUT2D eigenvalue weighted by Crippen LogP contribution is 2.29.